The summed E-state index contributed by atoms with van der Waals surface area (Å²) in [7, 11) is -3.41. The van der Waals surface area contributed by atoms with Gasteiger partial charge in [0.1, 0.15) is 0 Å². The number of benzene rings is 4. The number of carbonyl (C=O) groups excluding carboxylic acids is 1. The Morgan fingerprint density at radius 1 is 0.697 bits per heavy atom. The Labute approximate surface area is 194 Å². The molecule has 0 spiro atoms. The predicted octanol–water partition coefficient (Wildman–Crippen LogP) is 5.81. The average molecular weight is 452 g/mol. The van der Waals surface area contributed by atoms with Gasteiger partial charge in [0.15, 0.2) is 0 Å². The summed E-state index contributed by atoms with van der Waals surface area (Å²) in [4.78, 5) is 13.1. The van der Waals surface area contributed by atoms with Crippen molar-refractivity contribution in [2.75, 3.05) is 0 Å². The summed E-state index contributed by atoms with van der Waals surface area (Å²) in [5.74, 6) is -0.310. The second-order valence-corrected chi connectivity index (χ2v) is 10.1. The van der Waals surface area contributed by atoms with Crippen LogP contribution in [0.3, 0.4) is 0 Å². The number of carbonyl (C=O) groups is 1. The van der Waals surface area contributed by atoms with E-state index in [1.807, 2.05) is 97.1 Å². The molecule has 0 heterocycles. The van der Waals surface area contributed by atoms with Crippen molar-refractivity contribution in [3.05, 3.63) is 143 Å². The van der Waals surface area contributed by atoms with E-state index in [1.165, 1.54) is 0 Å². The van der Waals surface area contributed by atoms with E-state index in [0.717, 1.165) is 11.1 Å². The van der Waals surface area contributed by atoms with Crippen molar-refractivity contribution in [1.29, 1.82) is 0 Å². The molecule has 2 N–H and O–H groups in total. The Morgan fingerprint density at radius 3 is 1.82 bits per heavy atom. The smallest absolute Gasteiger partial charge is 0.255 e. The highest BCUT2D eigenvalue weighted by atomic mass is 31.2. The summed E-state index contributed by atoms with van der Waals surface area (Å²) in [6, 6.07) is 37.5. The van der Waals surface area contributed by atoms with Crippen LogP contribution in [-0.2, 0) is 11.1 Å². The molecule has 4 rings (SSSR count). The Bertz CT molecular complexity index is 1260. The molecule has 0 aliphatic carbocycles. The Morgan fingerprint density at radius 2 is 1.21 bits per heavy atom. The van der Waals surface area contributed by atoms with Crippen molar-refractivity contribution in [1.82, 2.24) is 10.4 Å². The summed E-state index contributed by atoms with van der Waals surface area (Å²) in [5, 5.41) is 6.85. The molecule has 0 aromatic heterocycles. The lowest BCUT2D eigenvalue weighted by molar-refractivity contribution is 0.0968. The van der Waals surface area contributed by atoms with E-state index in [0.29, 0.717) is 22.9 Å². The van der Waals surface area contributed by atoms with Gasteiger partial charge in [-0.1, -0.05) is 97.1 Å². The molecule has 164 valence electrons. The lowest BCUT2D eigenvalue weighted by Crippen LogP contribution is -2.30. The minimum Gasteiger partial charge on any atom is -0.318 e. The molecule has 0 aliphatic heterocycles. The van der Waals surface area contributed by atoms with Crippen LogP contribution in [0.5, 0.6) is 0 Å². The van der Waals surface area contributed by atoms with Gasteiger partial charge in [0.2, 0.25) is 7.29 Å². The standard InChI is InChI=1S/C28H25N2O2P/c31-28(25-17-9-3-10-18-25)30-27(21-23-13-5-1-6-14-23)33(32,26-19-11-4-12-20-26)29-22-24-15-7-2-8-16-24/h1-21H,22H2,(H,29,32)(H,30,31)/b27-21-/t33-/m0/s1. The Balaban J connectivity index is 1.77. The summed E-state index contributed by atoms with van der Waals surface area (Å²) in [5.41, 5.74) is 2.68. The maximum Gasteiger partial charge on any atom is 0.255 e. The van der Waals surface area contributed by atoms with E-state index in [9.17, 15) is 9.36 Å². The fraction of sp³-hybridized carbons (Fsp3) is 0.0357. The SMILES string of the molecule is O=C(N/C(=C/c1ccccc1)[P@](=O)(NCc1ccccc1)c1ccccc1)c1ccccc1. The fourth-order valence-corrected chi connectivity index (χ4v) is 5.66. The number of hydrogen-bond acceptors (Lipinski definition) is 2. The molecule has 1 amide bonds. The summed E-state index contributed by atoms with van der Waals surface area (Å²) in [6.07, 6.45) is 1.78. The van der Waals surface area contributed by atoms with Crippen molar-refractivity contribution in [2.45, 2.75) is 6.54 Å². The number of nitrogens with one attached hydrogen (secondary N) is 2. The molecule has 33 heavy (non-hydrogen) atoms. The van der Waals surface area contributed by atoms with Crippen molar-refractivity contribution < 1.29 is 9.36 Å². The van der Waals surface area contributed by atoms with Gasteiger partial charge in [-0.15, -0.1) is 0 Å². The van der Waals surface area contributed by atoms with Crippen molar-refractivity contribution in [3.8, 4) is 0 Å². The molecule has 0 radical (unpaired) electrons. The van der Waals surface area contributed by atoms with E-state index in [-0.39, 0.29) is 5.91 Å². The molecule has 0 saturated carbocycles. The molecule has 0 fully saturated rings. The summed E-state index contributed by atoms with van der Waals surface area (Å²) < 4.78 is 14.7. The van der Waals surface area contributed by atoms with Gasteiger partial charge in [-0.2, -0.15) is 0 Å². The van der Waals surface area contributed by atoms with Gasteiger partial charge < -0.3 is 5.32 Å². The van der Waals surface area contributed by atoms with E-state index < -0.39 is 7.29 Å². The third-order valence-corrected chi connectivity index (χ3v) is 7.74. The third-order valence-electron chi connectivity index (χ3n) is 5.19. The fourth-order valence-electron chi connectivity index (χ4n) is 3.44. The number of rotatable bonds is 8. The largest absolute Gasteiger partial charge is 0.318 e. The maximum absolute atomic E-state index is 14.7. The first-order chi connectivity index (χ1) is 16.1. The highest BCUT2D eigenvalue weighted by Crippen LogP contribution is 2.48. The zero-order valence-electron chi connectivity index (χ0n) is 18.1. The van der Waals surface area contributed by atoms with Crippen LogP contribution in [0.1, 0.15) is 21.5 Å². The first-order valence-electron chi connectivity index (χ1n) is 10.7. The monoisotopic (exact) mass is 452 g/mol. The normalized spacial score (nSPS) is 13.2. The topological polar surface area (TPSA) is 58.2 Å². The van der Waals surface area contributed by atoms with E-state index in [1.54, 1.807) is 30.3 Å². The van der Waals surface area contributed by atoms with Crippen LogP contribution < -0.4 is 15.7 Å². The second kappa shape index (κ2) is 10.7. The molecule has 4 nitrogen and oxygen atoms in total. The first kappa shape index (κ1) is 22.5. The van der Waals surface area contributed by atoms with E-state index in [2.05, 4.69) is 10.4 Å². The lowest BCUT2D eigenvalue weighted by atomic mass is 10.2. The van der Waals surface area contributed by atoms with Gasteiger partial charge >= 0.3 is 0 Å². The highest BCUT2D eigenvalue weighted by molar-refractivity contribution is 7.73. The minimum atomic E-state index is -3.41. The second-order valence-electron chi connectivity index (χ2n) is 7.53. The van der Waals surface area contributed by atoms with Crippen LogP contribution >= 0.6 is 7.29 Å². The first-order valence-corrected chi connectivity index (χ1v) is 12.4. The van der Waals surface area contributed by atoms with Crippen LogP contribution in [0.2, 0.25) is 0 Å². The zero-order valence-corrected chi connectivity index (χ0v) is 19.0. The zero-order chi connectivity index (χ0) is 22.9. The number of hydrogen-bond donors (Lipinski definition) is 2. The van der Waals surface area contributed by atoms with Gasteiger partial charge in [-0.05, 0) is 41.5 Å². The van der Waals surface area contributed by atoms with Crippen molar-refractivity contribution in [3.63, 3.8) is 0 Å². The van der Waals surface area contributed by atoms with Crippen LogP contribution in [0, 0.1) is 0 Å². The van der Waals surface area contributed by atoms with Gasteiger partial charge in [0, 0.05) is 17.4 Å². The van der Waals surface area contributed by atoms with Crippen molar-refractivity contribution in [2.24, 2.45) is 0 Å². The van der Waals surface area contributed by atoms with Gasteiger partial charge in [0.25, 0.3) is 5.91 Å². The number of amides is 1. The Kier molecular flexibility index (Phi) is 7.31. The minimum absolute atomic E-state index is 0.310. The summed E-state index contributed by atoms with van der Waals surface area (Å²) >= 11 is 0. The molecular weight excluding hydrogens is 427 g/mol. The van der Waals surface area contributed by atoms with Crippen LogP contribution in [-0.4, -0.2) is 5.91 Å². The quantitative estimate of drug-likeness (QED) is 0.332. The van der Waals surface area contributed by atoms with Crippen LogP contribution in [0.25, 0.3) is 6.08 Å². The van der Waals surface area contributed by atoms with E-state index in [4.69, 9.17) is 0 Å². The summed E-state index contributed by atoms with van der Waals surface area (Å²) in [6.45, 7) is 0.389. The molecule has 4 aromatic rings. The predicted molar refractivity (Wildman–Crippen MR) is 135 cm³/mol. The van der Waals surface area contributed by atoms with Gasteiger partial charge in [0.05, 0.1) is 5.44 Å². The van der Waals surface area contributed by atoms with Gasteiger partial charge in [-0.25, -0.2) is 0 Å². The van der Waals surface area contributed by atoms with Gasteiger partial charge in [-0.3, -0.25) is 14.4 Å². The molecule has 0 saturated heterocycles. The molecular formula is C28H25N2O2P. The maximum atomic E-state index is 14.7. The molecule has 0 bridgehead atoms. The molecule has 5 heteroatoms. The Hall–Kier alpha value is -3.72. The van der Waals surface area contributed by atoms with Crippen LogP contribution in [0.4, 0.5) is 0 Å². The average Bonchev–Trinajstić information content (AvgIpc) is 2.89. The van der Waals surface area contributed by atoms with Crippen LogP contribution in [0.15, 0.2) is 127 Å². The lowest BCUT2D eigenvalue weighted by Gasteiger charge is -2.24. The van der Waals surface area contributed by atoms with E-state index >= 15 is 0 Å². The molecule has 0 aliphatic rings. The molecule has 1 atom stereocenters. The molecule has 4 aromatic carbocycles. The molecule has 0 unspecified atom stereocenters. The highest BCUT2D eigenvalue weighted by Gasteiger charge is 2.31. The van der Waals surface area contributed by atoms with Crippen molar-refractivity contribution >= 4 is 24.6 Å². The third kappa shape index (κ3) is 5.75.